The Kier molecular flexibility index (Phi) is 7.22. The number of amides is 2. The van der Waals surface area contributed by atoms with Crippen LogP contribution in [0.5, 0.6) is 0 Å². The molecule has 0 saturated carbocycles. The molecular formula is C20H27N5O4S. The molecule has 2 aromatic rings. The second kappa shape index (κ2) is 9.86. The molecule has 0 spiro atoms. The standard InChI is InChI=1S/C20H27N5O4S/c1-2-3-13-30(28,29)25-11-9-16(10-12-25)19(26)23-24-20(27)18-14-17(21-22-18)15-7-5-4-6-8-15/h4-8,14,16H,2-3,9-13H2,1H3,(H,21,22)(H,23,26)(H,24,27). The normalized spacial score (nSPS) is 15.6. The molecule has 1 fully saturated rings. The fourth-order valence-electron chi connectivity index (χ4n) is 3.33. The molecule has 162 valence electrons. The summed E-state index contributed by atoms with van der Waals surface area (Å²) in [6.07, 6.45) is 2.31. The molecule has 1 saturated heterocycles. The summed E-state index contributed by atoms with van der Waals surface area (Å²) in [6, 6.07) is 11.0. The number of hydrogen-bond donors (Lipinski definition) is 3. The van der Waals surface area contributed by atoms with Gasteiger partial charge in [-0.3, -0.25) is 25.5 Å². The Hall–Kier alpha value is -2.72. The third-order valence-electron chi connectivity index (χ3n) is 5.17. The van der Waals surface area contributed by atoms with Gasteiger partial charge in [0.25, 0.3) is 5.91 Å². The van der Waals surface area contributed by atoms with Crippen LogP contribution in [0.2, 0.25) is 0 Å². The molecule has 3 N–H and O–H groups in total. The van der Waals surface area contributed by atoms with E-state index in [-0.39, 0.29) is 23.3 Å². The molecular weight excluding hydrogens is 406 g/mol. The first-order valence-corrected chi connectivity index (χ1v) is 11.7. The van der Waals surface area contributed by atoms with E-state index in [2.05, 4.69) is 21.0 Å². The number of sulfonamides is 1. The molecule has 1 aliphatic rings. The molecule has 1 aromatic carbocycles. The van der Waals surface area contributed by atoms with Crippen LogP contribution in [0.25, 0.3) is 11.3 Å². The zero-order valence-corrected chi connectivity index (χ0v) is 17.7. The quantitative estimate of drug-likeness (QED) is 0.573. The number of carbonyl (C=O) groups excluding carboxylic acids is 2. The molecule has 3 rings (SSSR count). The summed E-state index contributed by atoms with van der Waals surface area (Å²) in [5.41, 5.74) is 6.55. The van der Waals surface area contributed by atoms with Gasteiger partial charge in [-0.2, -0.15) is 5.10 Å². The number of H-pyrrole nitrogens is 1. The van der Waals surface area contributed by atoms with Crippen molar-refractivity contribution in [3.63, 3.8) is 0 Å². The number of hydrazine groups is 1. The van der Waals surface area contributed by atoms with Gasteiger partial charge in [0.2, 0.25) is 15.9 Å². The first kappa shape index (κ1) is 22.0. The Labute approximate surface area is 176 Å². The van der Waals surface area contributed by atoms with Crippen LogP contribution in [0.4, 0.5) is 0 Å². The molecule has 1 aromatic heterocycles. The highest BCUT2D eigenvalue weighted by Gasteiger charge is 2.30. The van der Waals surface area contributed by atoms with Gasteiger partial charge in [0.05, 0.1) is 11.4 Å². The lowest BCUT2D eigenvalue weighted by Crippen LogP contribution is -2.48. The minimum absolute atomic E-state index is 0.144. The van der Waals surface area contributed by atoms with E-state index >= 15 is 0 Å². The summed E-state index contributed by atoms with van der Waals surface area (Å²) in [6.45, 7) is 2.59. The van der Waals surface area contributed by atoms with E-state index in [1.165, 1.54) is 4.31 Å². The summed E-state index contributed by atoms with van der Waals surface area (Å²) in [7, 11) is -3.26. The van der Waals surface area contributed by atoms with E-state index in [0.717, 1.165) is 12.0 Å². The maximum Gasteiger partial charge on any atom is 0.287 e. The molecule has 10 heteroatoms. The SMILES string of the molecule is CCCCS(=O)(=O)N1CCC(C(=O)NNC(=O)c2cc(-c3ccccc3)n[nH]2)CC1. The molecule has 0 atom stereocenters. The van der Waals surface area contributed by atoms with Crippen molar-refractivity contribution in [1.82, 2.24) is 25.4 Å². The summed E-state index contributed by atoms with van der Waals surface area (Å²) >= 11 is 0. The zero-order valence-electron chi connectivity index (χ0n) is 16.9. The van der Waals surface area contributed by atoms with Gasteiger partial charge in [-0.15, -0.1) is 0 Å². The molecule has 0 bridgehead atoms. The van der Waals surface area contributed by atoms with Gasteiger partial charge in [0.1, 0.15) is 5.69 Å². The number of rotatable bonds is 7. The second-order valence-electron chi connectivity index (χ2n) is 7.32. The number of nitrogens with zero attached hydrogens (tertiary/aromatic N) is 2. The Balaban J connectivity index is 1.47. The van der Waals surface area contributed by atoms with Gasteiger partial charge in [-0.1, -0.05) is 43.7 Å². The van der Waals surface area contributed by atoms with E-state index in [0.29, 0.717) is 38.0 Å². The van der Waals surface area contributed by atoms with Crippen molar-refractivity contribution in [2.75, 3.05) is 18.8 Å². The summed E-state index contributed by atoms with van der Waals surface area (Å²) in [4.78, 5) is 24.6. The number of unbranched alkanes of at least 4 members (excludes halogenated alkanes) is 1. The number of benzene rings is 1. The van der Waals surface area contributed by atoms with Gasteiger partial charge in [-0.05, 0) is 25.3 Å². The van der Waals surface area contributed by atoms with Crippen molar-refractivity contribution in [2.45, 2.75) is 32.6 Å². The first-order valence-electron chi connectivity index (χ1n) is 10.1. The Morgan fingerprint density at radius 1 is 1.17 bits per heavy atom. The zero-order chi connectivity index (χ0) is 21.6. The topological polar surface area (TPSA) is 124 Å². The van der Waals surface area contributed by atoms with Crippen molar-refractivity contribution in [1.29, 1.82) is 0 Å². The maximum atomic E-state index is 12.4. The lowest BCUT2D eigenvalue weighted by atomic mass is 9.98. The van der Waals surface area contributed by atoms with Crippen LogP contribution in [-0.2, 0) is 14.8 Å². The van der Waals surface area contributed by atoms with Crippen LogP contribution < -0.4 is 10.9 Å². The monoisotopic (exact) mass is 433 g/mol. The van der Waals surface area contributed by atoms with E-state index < -0.39 is 15.9 Å². The Morgan fingerprint density at radius 3 is 2.53 bits per heavy atom. The first-order chi connectivity index (χ1) is 14.4. The number of nitrogens with one attached hydrogen (secondary N) is 3. The van der Waals surface area contributed by atoms with Crippen LogP contribution in [0.3, 0.4) is 0 Å². The molecule has 2 amide bonds. The minimum atomic E-state index is -3.26. The predicted molar refractivity (Wildman–Crippen MR) is 113 cm³/mol. The number of aromatic amines is 1. The van der Waals surface area contributed by atoms with Crippen molar-refractivity contribution >= 4 is 21.8 Å². The van der Waals surface area contributed by atoms with E-state index in [1.54, 1.807) is 6.07 Å². The van der Waals surface area contributed by atoms with Gasteiger partial charge in [0, 0.05) is 24.6 Å². The predicted octanol–water partition coefficient (Wildman–Crippen LogP) is 1.68. The molecule has 2 heterocycles. The van der Waals surface area contributed by atoms with E-state index in [9.17, 15) is 18.0 Å². The minimum Gasteiger partial charge on any atom is -0.273 e. The van der Waals surface area contributed by atoms with Gasteiger partial charge in [0.15, 0.2) is 0 Å². The number of aromatic nitrogens is 2. The van der Waals surface area contributed by atoms with Crippen LogP contribution >= 0.6 is 0 Å². The number of piperidine rings is 1. The lowest BCUT2D eigenvalue weighted by Gasteiger charge is -2.30. The summed E-state index contributed by atoms with van der Waals surface area (Å²) in [5.74, 6) is -1.02. The average Bonchev–Trinajstić information content (AvgIpc) is 3.27. The summed E-state index contributed by atoms with van der Waals surface area (Å²) in [5, 5.41) is 6.78. The van der Waals surface area contributed by atoms with Crippen LogP contribution in [0.15, 0.2) is 36.4 Å². The third kappa shape index (κ3) is 5.45. The van der Waals surface area contributed by atoms with E-state index in [4.69, 9.17) is 0 Å². The fraction of sp³-hybridized carbons (Fsp3) is 0.450. The highest BCUT2D eigenvalue weighted by Crippen LogP contribution is 2.20. The van der Waals surface area contributed by atoms with Crippen molar-refractivity contribution in [3.8, 4) is 11.3 Å². The number of hydrogen-bond acceptors (Lipinski definition) is 5. The molecule has 0 unspecified atom stereocenters. The molecule has 0 aliphatic carbocycles. The second-order valence-corrected chi connectivity index (χ2v) is 9.41. The van der Waals surface area contributed by atoms with Crippen LogP contribution in [0, 0.1) is 5.92 Å². The Morgan fingerprint density at radius 2 is 1.87 bits per heavy atom. The van der Waals surface area contributed by atoms with Crippen molar-refractivity contribution in [3.05, 3.63) is 42.1 Å². The molecule has 0 radical (unpaired) electrons. The highest BCUT2D eigenvalue weighted by atomic mass is 32.2. The molecule has 1 aliphatic heterocycles. The largest absolute Gasteiger partial charge is 0.287 e. The highest BCUT2D eigenvalue weighted by molar-refractivity contribution is 7.89. The van der Waals surface area contributed by atoms with Gasteiger partial charge in [-0.25, -0.2) is 12.7 Å². The summed E-state index contributed by atoms with van der Waals surface area (Å²) < 4.78 is 26.0. The fourth-order valence-corrected chi connectivity index (χ4v) is 5.01. The smallest absolute Gasteiger partial charge is 0.273 e. The molecule has 30 heavy (non-hydrogen) atoms. The third-order valence-corrected chi connectivity index (χ3v) is 7.12. The van der Waals surface area contributed by atoms with Crippen LogP contribution in [0.1, 0.15) is 43.1 Å². The van der Waals surface area contributed by atoms with E-state index in [1.807, 2.05) is 37.3 Å². The van der Waals surface area contributed by atoms with Crippen molar-refractivity contribution in [2.24, 2.45) is 5.92 Å². The maximum absolute atomic E-state index is 12.4. The average molecular weight is 434 g/mol. The van der Waals surface area contributed by atoms with Gasteiger partial charge >= 0.3 is 0 Å². The van der Waals surface area contributed by atoms with Gasteiger partial charge < -0.3 is 0 Å². The van der Waals surface area contributed by atoms with Crippen molar-refractivity contribution < 1.29 is 18.0 Å². The lowest BCUT2D eigenvalue weighted by molar-refractivity contribution is -0.126. The van der Waals surface area contributed by atoms with Crippen LogP contribution in [-0.4, -0.2) is 53.6 Å². The molecule has 9 nitrogen and oxygen atoms in total. The number of carbonyl (C=O) groups is 2. The Bertz CT molecular complexity index is 966.